The summed E-state index contributed by atoms with van der Waals surface area (Å²) < 4.78 is 61.7. The van der Waals surface area contributed by atoms with Crippen LogP contribution in [0, 0.1) is 11.8 Å². The van der Waals surface area contributed by atoms with Crippen LogP contribution in [0.15, 0.2) is 206 Å². The Hall–Kier alpha value is -11.0. The molecule has 1 aliphatic carbocycles. The second-order valence-electron chi connectivity index (χ2n) is 37.3. The smallest absolute Gasteiger partial charge is 0.306 e. The monoisotopic (exact) mass is 1850 g/mol. The molecular weight excluding hydrogens is 1720 g/mol. The van der Waals surface area contributed by atoms with E-state index < -0.39 is 55.2 Å². The number of cyclic esters (lactones) is 1. The maximum atomic E-state index is 14.2. The van der Waals surface area contributed by atoms with Crippen LogP contribution in [0.3, 0.4) is 0 Å². The molecule has 3 amide bonds. The SMILES string of the molecule is CCS(=O)(=O)Cc1ccc2[nH]cc(CCN(C)C)c2c1.CN(C)CCc1c[nH]c2ccc(C[C@H]3COC(=O)C3)cc12.CN(C)CCc1c[nH]c2ccc(Cn3cncn3)cc12.CN1CCC[C@@H]1Cc1c[nH]c2ccc(CCS(=O)(=O)c3ccccc3)cc12.CN1C[C@H](C(=O)N[C@]2(C)O[C@@]3(O)[C@@H]4CCCN4C(=O)[C@H](Cc4ccccc4)N3C2=O)C=C2c3cccc4[nH]cc(c34)C[C@H]21.S. The number of amides is 3. The Kier molecular flexibility index (Phi) is 29.8. The van der Waals surface area contributed by atoms with Gasteiger partial charge in [-0.15, -0.1) is 0 Å². The highest BCUT2D eigenvalue weighted by molar-refractivity contribution is 7.91. The second-order valence-corrected chi connectivity index (χ2v) is 41.8. The number of sulfone groups is 2. The summed E-state index contributed by atoms with van der Waals surface area (Å²) >= 11 is 0. The van der Waals surface area contributed by atoms with E-state index in [9.17, 15) is 41.1 Å². The molecule has 7 aromatic carbocycles. The Bertz CT molecular complexity index is 6500. The number of carbonyl (C=O) groups is 4. The van der Waals surface area contributed by atoms with Gasteiger partial charge in [-0.1, -0.05) is 97.9 Å². The summed E-state index contributed by atoms with van der Waals surface area (Å²) in [7, 11) is 10.5. The predicted molar refractivity (Wildman–Crippen MR) is 525 cm³/mol. The number of nitrogens with one attached hydrogen (secondary N) is 6. The summed E-state index contributed by atoms with van der Waals surface area (Å²) in [4.78, 5) is 88.1. The fourth-order valence-electron chi connectivity index (χ4n) is 19.7. The zero-order valence-corrected chi connectivity index (χ0v) is 79.9. The number of nitrogens with zero attached hydrogens (tertiary/aromatic N) is 10. The third kappa shape index (κ3) is 21.7. The van der Waals surface area contributed by atoms with Crippen molar-refractivity contribution in [2.24, 2.45) is 11.8 Å². The number of hydrogen-bond acceptors (Lipinski definition) is 18. The van der Waals surface area contributed by atoms with Crippen LogP contribution in [0.25, 0.3) is 60.1 Å². The summed E-state index contributed by atoms with van der Waals surface area (Å²) in [6.45, 7) is 9.72. The van der Waals surface area contributed by atoms with Gasteiger partial charge in [0.15, 0.2) is 19.7 Å². The Labute approximate surface area is 780 Å². The minimum absolute atomic E-state index is 0. The van der Waals surface area contributed by atoms with E-state index in [-0.39, 0.29) is 61.0 Å². The number of H-pyrrole nitrogens is 5. The van der Waals surface area contributed by atoms with E-state index >= 15 is 0 Å². The number of ether oxygens (including phenoxy) is 2. The van der Waals surface area contributed by atoms with Crippen LogP contribution in [0.1, 0.15) is 107 Å². The molecule has 12 heterocycles. The van der Waals surface area contributed by atoms with Gasteiger partial charge in [-0.25, -0.2) is 26.5 Å². The largest absolute Gasteiger partial charge is 0.465 e. The number of benzene rings is 7. The van der Waals surface area contributed by atoms with Gasteiger partial charge in [0.2, 0.25) is 17.5 Å². The summed E-state index contributed by atoms with van der Waals surface area (Å²) in [5.41, 5.74) is 17.9. The van der Waals surface area contributed by atoms with Crippen molar-refractivity contribution in [1.82, 2.24) is 79.3 Å². The van der Waals surface area contributed by atoms with E-state index in [4.69, 9.17) is 9.47 Å². The van der Waals surface area contributed by atoms with Crippen molar-refractivity contribution < 1.29 is 50.6 Å². The molecule has 20 rings (SSSR count). The van der Waals surface area contributed by atoms with Gasteiger partial charge in [0.05, 0.1) is 41.9 Å². The number of aliphatic hydroxyl groups is 1. The Balaban J connectivity index is 0.000000131. The first-order valence-corrected chi connectivity index (χ1v) is 49.3. The van der Waals surface area contributed by atoms with E-state index in [1.165, 1.54) is 103 Å². The molecule has 698 valence electrons. The van der Waals surface area contributed by atoms with Crippen molar-refractivity contribution in [3.63, 3.8) is 0 Å². The van der Waals surface area contributed by atoms with Crippen LogP contribution in [-0.2, 0) is 112 Å². The number of aromatic amines is 5. The Morgan fingerprint density at radius 3 is 1.77 bits per heavy atom. The average molecular weight is 1850 g/mol. The van der Waals surface area contributed by atoms with Crippen LogP contribution in [0.4, 0.5) is 0 Å². The molecule has 27 nitrogen and oxygen atoms in total. The molecule has 5 fully saturated rings. The lowest BCUT2D eigenvalue weighted by Crippen LogP contribution is -2.71. The first kappa shape index (κ1) is 95.6. The van der Waals surface area contributed by atoms with E-state index in [1.54, 1.807) is 48.7 Å². The van der Waals surface area contributed by atoms with E-state index in [0.29, 0.717) is 62.2 Å². The van der Waals surface area contributed by atoms with Crippen molar-refractivity contribution in [2.75, 3.05) is 114 Å². The molecule has 132 heavy (non-hydrogen) atoms. The molecule has 5 saturated heterocycles. The molecule has 7 N–H and O–H groups in total. The van der Waals surface area contributed by atoms with Gasteiger partial charge < -0.3 is 64.6 Å². The maximum absolute atomic E-state index is 14.2. The third-order valence-corrected chi connectivity index (χ3v) is 30.3. The number of aromatic nitrogens is 8. The molecule has 0 spiro atoms. The van der Waals surface area contributed by atoms with Gasteiger partial charge in [-0.3, -0.25) is 33.7 Å². The van der Waals surface area contributed by atoms with Gasteiger partial charge in [0.25, 0.3) is 11.8 Å². The average Bonchev–Trinajstić information content (AvgIpc) is 1.53. The highest BCUT2D eigenvalue weighted by Gasteiger charge is 2.70. The Morgan fingerprint density at radius 1 is 0.606 bits per heavy atom. The predicted octanol–water partition coefficient (Wildman–Crippen LogP) is 12.4. The number of fused-ring (bicyclic) bond motifs is 9. The summed E-state index contributed by atoms with van der Waals surface area (Å²) in [6, 6.07) is 48.6. The number of carbonyl (C=O) groups excluding carboxylic acids is 4. The minimum atomic E-state index is -3.25. The number of esters is 1. The molecular formula is C102H126N16O11S3. The molecule has 0 saturated carbocycles. The normalized spacial score (nSPS) is 21.2. The summed E-state index contributed by atoms with van der Waals surface area (Å²) in [5.74, 6) is -3.05. The summed E-state index contributed by atoms with van der Waals surface area (Å²) in [6.07, 6.45) is 26.7. The van der Waals surface area contributed by atoms with Crippen molar-refractivity contribution >= 4 is 117 Å². The molecule has 7 aliphatic rings. The maximum Gasteiger partial charge on any atom is 0.306 e. The number of likely N-dealkylation sites (tertiary alicyclic amines) is 1. The molecule has 0 unspecified atom stereocenters. The zero-order chi connectivity index (χ0) is 92.0. The topological polar surface area (TPSA) is 320 Å². The molecule has 8 atom stereocenters. The molecule has 30 heteroatoms. The molecule has 6 aliphatic heterocycles. The highest BCUT2D eigenvalue weighted by Crippen LogP contribution is 2.47. The van der Waals surface area contributed by atoms with E-state index in [1.807, 2.05) is 105 Å². The summed E-state index contributed by atoms with van der Waals surface area (Å²) in [5, 5.41) is 25.2. The van der Waals surface area contributed by atoms with Gasteiger partial charge >= 0.3 is 5.97 Å². The number of piperazine rings is 1. The number of hydrogen-bond donors (Lipinski definition) is 7. The first-order valence-electron chi connectivity index (χ1n) is 45.9. The van der Waals surface area contributed by atoms with Crippen LogP contribution >= 0.6 is 13.5 Å². The van der Waals surface area contributed by atoms with Crippen LogP contribution < -0.4 is 5.32 Å². The van der Waals surface area contributed by atoms with Gasteiger partial charge in [0, 0.05) is 148 Å². The van der Waals surface area contributed by atoms with Crippen molar-refractivity contribution in [3.05, 3.63) is 263 Å². The van der Waals surface area contributed by atoms with Crippen LogP contribution in [0.5, 0.6) is 0 Å². The van der Waals surface area contributed by atoms with Crippen LogP contribution in [-0.4, -0.2) is 269 Å². The lowest BCUT2D eigenvalue weighted by atomic mass is 9.79. The number of aryl methyl sites for hydroxylation is 1. The van der Waals surface area contributed by atoms with Crippen molar-refractivity contribution in [2.45, 2.75) is 150 Å². The standard InChI is InChI=1S/C33H35N5O5.C22H26N2O2S.C17H22N2O2.C15H19N5.C15H22N2O2S.H2S/c1-32(35-29(39)21-15-23-22-10-6-11-24-28(22)20(17-34-24)16-25(23)36(2)18-21)31(41)38-26(14-19-8-4-3-5-9-19)30(40)37-13-7-12-27(37)33(38,42)43-32;1-24-12-5-6-19(24)15-18-16-23-22-10-9-17(14-21(18)22)11-13-27(25,26)20-7-3-2-4-8-20;1-19(2)6-5-14-10-18-16-4-3-12(8-15(14)16)7-13-9-17(20)21-11-13;1-19(2)6-5-13-8-17-15-4-3-12(7-14(13)15)9-20-11-16-10-18-20;1-4-20(18,19)11-12-5-6-15-14(9-12)13(10-16-15)7-8-17(2)3;/h3-6,8-11,15,17,21,25-27,34,42H,7,12-14,16,18H2,1-2H3,(H,35,39);2-4,7-10,14,16,19,23H,5-6,11-13,15H2,1H3;3-4,8,10,13,18H,5-7,9,11H2,1-2H3;3-4,7-8,10-11,17H,5-6,9H2,1-2H3;5-6,9-10,16H,4,7-8,11H2,1-3H3;1H2/t21-,25-,26+,27+,32-,33+;19-;13-;;;/m111.../s1. The molecule has 6 aromatic heterocycles. The lowest BCUT2D eigenvalue weighted by molar-refractivity contribution is -0.315. The molecule has 13 aromatic rings. The molecule has 0 radical (unpaired) electrons. The van der Waals surface area contributed by atoms with Gasteiger partial charge in [-0.05, 0) is 274 Å². The van der Waals surface area contributed by atoms with E-state index in [2.05, 4.69) is 186 Å². The Morgan fingerprint density at radius 2 is 1.17 bits per heavy atom. The van der Waals surface area contributed by atoms with Crippen molar-refractivity contribution in [1.29, 1.82) is 0 Å². The van der Waals surface area contributed by atoms with E-state index in [0.717, 1.165) is 114 Å². The van der Waals surface area contributed by atoms with Crippen molar-refractivity contribution in [3.8, 4) is 0 Å². The molecule has 0 bridgehead atoms. The van der Waals surface area contributed by atoms with Gasteiger partial charge in [-0.2, -0.15) is 18.6 Å². The quantitative estimate of drug-likeness (QED) is 0.0248. The number of rotatable bonds is 26. The first-order chi connectivity index (χ1) is 62.9. The fraction of sp³-hybridized carbons (Fsp3) is 0.412. The third-order valence-electron chi connectivity index (χ3n) is 26.9. The number of likely N-dealkylation sites (N-methyl/N-ethyl adjacent to an activating group) is 5. The highest BCUT2D eigenvalue weighted by atomic mass is 32.2. The second kappa shape index (κ2) is 41.2. The van der Waals surface area contributed by atoms with Crippen LogP contribution in [0.2, 0.25) is 0 Å². The van der Waals surface area contributed by atoms with Gasteiger partial charge in [0.1, 0.15) is 24.7 Å². The minimum Gasteiger partial charge on any atom is -0.465 e. The lowest BCUT2D eigenvalue weighted by Gasteiger charge is -2.48. The fourth-order valence-corrected chi connectivity index (χ4v) is 21.9. The zero-order valence-electron chi connectivity index (χ0n) is 77.3.